The Morgan fingerprint density at radius 2 is 2.10 bits per heavy atom. The van der Waals surface area contributed by atoms with Crippen molar-refractivity contribution in [3.05, 3.63) is 53.0 Å². The van der Waals surface area contributed by atoms with Crippen molar-refractivity contribution in [3.8, 4) is 11.4 Å². The highest BCUT2D eigenvalue weighted by molar-refractivity contribution is 5.84. The number of amides is 1. The SMILES string of the molecule is Cc1noc(C)c1C(C)C(=O)N1CCCC(c2nc(-c3cccc(F)c3)no2)C1. The van der Waals surface area contributed by atoms with Gasteiger partial charge in [0.15, 0.2) is 0 Å². The van der Waals surface area contributed by atoms with Crippen LogP contribution in [-0.4, -0.2) is 39.2 Å². The Bertz CT molecular complexity index is 1010. The summed E-state index contributed by atoms with van der Waals surface area (Å²) in [5.74, 6) is 0.822. The summed E-state index contributed by atoms with van der Waals surface area (Å²) < 4.78 is 24.1. The number of aryl methyl sites for hydroxylation is 2. The highest BCUT2D eigenvalue weighted by Crippen LogP contribution is 2.31. The molecule has 8 heteroatoms. The maximum absolute atomic E-state index is 13.5. The van der Waals surface area contributed by atoms with Crippen LogP contribution in [0, 0.1) is 19.7 Å². The Labute approximate surface area is 167 Å². The number of nitrogens with zero attached hydrogens (tertiary/aromatic N) is 4. The van der Waals surface area contributed by atoms with E-state index in [2.05, 4.69) is 15.3 Å². The lowest BCUT2D eigenvalue weighted by atomic mass is 9.93. The molecule has 0 bridgehead atoms. The van der Waals surface area contributed by atoms with Crippen molar-refractivity contribution < 1.29 is 18.2 Å². The van der Waals surface area contributed by atoms with E-state index in [1.54, 1.807) is 12.1 Å². The molecule has 0 saturated carbocycles. The fraction of sp³-hybridized carbons (Fsp3) is 0.429. The van der Waals surface area contributed by atoms with Gasteiger partial charge in [-0.1, -0.05) is 22.4 Å². The Hall–Kier alpha value is -3.03. The molecule has 1 saturated heterocycles. The molecule has 2 atom stereocenters. The second-order valence-electron chi connectivity index (χ2n) is 7.55. The molecule has 0 radical (unpaired) electrons. The minimum absolute atomic E-state index is 0.0361. The molecule has 3 heterocycles. The van der Waals surface area contributed by atoms with Crippen molar-refractivity contribution in [1.29, 1.82) is 0 Å². The van der Waals surface area contributed by atoms with Crippen molar-refractivity contribution in [2.45, 2.75) is 45.4 Å². The predicted molar refractivity (Wildman–Crippen MR) is 103 cm³/mol. The minimum Gasteiger partial charge on any atom is -0.361 e. The Balaban J connectivity index is 1.49. The van der Waals surface area contributed by atoms with Crippen molar-refractivity contribution >= 4 is 5.91 Å². The maximum atomic E-state index is 13.5. The second-order valence-corrected chi connectivity index (χ2v) is 7.55. The Morgan fingerprint density at radius 1 is 1.28 bits per heavy atom. The molecular formula is C21H23FN4O3. The van der Waals surface area contributed by atoms with E-state index in [4.69, 9.17) is 9.05 Å². The number of likely N-dealkylation sites (tertiary alicyclic amines) is 1. The zero-order valence-electron chi connectivity index (χ0n) is 16.7. The second kappa shape index (κ2) is 7.77. The zero-order chi connectivity index (χ0) is 20.5. The average Bonchev–Trinajstić information content (AvgIpc) is 3.34. The van der Waals surface area contributed by atoms with Crippen LogP contribution in [0.15, 0.2) is 33.3 Å². The van der Waals surface area contributed by atoms with Crippen LogP contribution in [0.1, 0.15) is 54.5 Å². The van der Waals surface area contributed by atoms with Crippen LogP contribution in [0.25, 0.3) is 11.4 Å². The molecule has 1 fully saturated rings. The van der Waals surface area contributed by atoms with Crippen LogP contribution in [0.5, 0.6) is 0 Å². The predicted octanol–water partition coefficient (Wildman–Crippen LogP) is 3.99. The number of hydrogen-bond donors (Lipinski definition) is 0. The van der Waals surface area contributed by atoms with Crippen LogP contribution in [0.4, 0.5) is 4.39 Å². The summed E-state index contributed by atoms with van der Waals surface area (Å²) in [6.45, 7) is 6.75. The average molecular weight is 398 g/mol. The highest BCUT2D eigenvalue weighted by atomic mass is 19.1. The number of aromatic nitrogens is 3. The van der Waals surface area contributed by atoms with Crippen molar-refractivity contribution in [3.63, 3.8) is 0 Å². The molecule has 2 aromatic heterocycles. The first-order valence-corrected chi connectivity index (χ1v) is 9.75. The number of carbonyl (C=O) groups is 1. The first-order chi connectivity index (χ1) is 13.9. The van der Waals surface area contributed by atoms with Crippen LogP contribution in [-0.2, 0) is 4.79 Å². The molecule has 29 heavy (non-hydrogen) atoms. The molecule has 2 unspecified atom stereocenters. The lowest BCUT2D eigenvalue weighted by Crippen LogP contribution is -2.41. The first-order valence-electron chi connectivity index (χ1n) is 9.75. The molecule has 1 aliphatic heterocycles. The van der Waals surface area contributed by atoms with Crippen LogP contribution < -0.4 is 0 Å². The smallest absolute Gasteiger partial charge is 0.231 e. The topological polar surface area (TPSA) is 85.3 Å². The van der Waals surface area contributed by atoms with Crippen molar-refractivity contribution in [2.75, 3.05) is 13.1 Å². The molecule has 1 aliphatic rings. The minimum atomic E-state index is -0.350. The van der Waals surface area contributed by atoms with E-state index in [9.17, 15) is 9.18 Å². The number of halogens is 1. The van der Waals surface area contributed by atoms with Gasteiger partial charge in [-0.25, -0.2) is 4.39 Å². The van der Waals surface area contributed by atoms with Gasteiger partial charge in [0, 0.05) is 24.2 Å². The van der Waals surface area contributed by atoms with Gasteiger partial charge in [-0.3, -0.25) is 4.79 Å². The molecule has 0 aliphatic carbocycles. The van der Waals surface area contributed by atoms with Gasteiger partial charge in [-0.05, 0) is 45.7 Å². The van der Waals surface area contributed by atoms with E-state index < -0.39 is 0 Å². The van der Waals surface area contributed by atoms with Crippen LogP contribution in [0.3, 0.4) is 0 Å². The van der Waals surface area contributed by atoms with E-state index in [1.165, 1.54) is 12.1 Å². The molecule has 4 rings (SSSR count). The quantitative estimate of drug-likeness (QED) is 0.661. The summed E-state index contributed by atoms with van der Waals surface area (Å²) in [6, 6.07) is 6.09. The lowest BCUT2D eigenvalue weighted by Gasteiger charge is -2.32. The third-order valence-corrected chi connectivity index (χ3v) is 5.50. The van der Waals surface area contributed by atoms with Crippen molar-refractivity contribution in [1.82, 2.24) is 20.2 Å². The molecule has 0 N–H and O–H groups in total. The summed E-state index contributed by atoms with van der Waals surface area (Å²) >= 11 is 0. The molecule has 3 aromatic rings. The van der Waals surface area contributed by atoms with Gasteiger partial charge in [0.05, 0.1) is 17.5 Å². The maximum Gasteiger partial charge on any atom is 0.231 e. The number of hydrogen-bond acceptors (Lipinski definition) is 6. The summed E-state index contributed by atoms with van der Waals surface area (Å²) in [6.07, 6.45) is 1.71. The fourth-order valence-corrected chi connectivity index (χ4v) is 4.03. The third kappa shape index (κ3) is 3.79. The summed E-state index contributed by atoms with van der Waals surface area (Å²) in [4.78, 5) is 19.4. The summed E-state index contributed by atoms with van der Waals surface area (Å²) in [7, 11) is 0. The third-order valence-electron chi connectivity index (χ3n) is 5.50. The number of rotatable bonds is 4. The number of carbonyl (C=O) groups excluding carboxylic acids is 1. The van der Waals surface area contributed by atoms with Crippen LogP contribution in [0.2, 0.25) is 0 Å². The van der Waals surface area contributed by atoms with Gasteiger partial charge in [0.2, 0.25) is 17.6 Å². The van der Waals surface area contributed by atoms with Gasteiger partial charge in [0.25, 0.3) is 0 Å². The molecule has 1 aromatic carbocycles. The van der Waals surface area contributed by atoms with E-state index in [-0.39, 0.29) is 23.6 Å². The monoisotopic (exact) mass is 398 g/mol. The molecule has 152 valence electrons. The number of piperidine rings is 1. The zero-order valence-corrected chi connectivity index (χ0v) is 16.7. The van der Waals surface area contributed by atoms with Gasteiger partial charge in [0.1, 0.15) is 11.6 Å². The summed E-state index contributed by atoms with van der Waals surface area (Å²) in [5.41, 5.74) is 2.16. The van der Waals surface area contributed by atoms with E-state index in [0.717, 1.165) is 24.1 Å². The summed E-state index contributed by atoms with van der Waals surface area (Å²) in [5, 5.41) is 7.95. The van der Waals surface area contributed by atoms with Crippen molar-refractivity contribution in [2.24, 2.45) is 0 Å². The normalized spacial score (nSPS) is 18.1. The van der Waals surface area contributed by atoms with Gasteiger partial charge in [-0.2, -0.15) is 4.98 Å². The van der Waals surface area contributed by atoms with Crippen LogP contribution >= 0.6 is 0 Å². The highest BCUT2D eigenvalue weighted by Gasteiger charge is 2.33. The molecule has 0 spiro atoms. The fourth-order valence-electron chi connectivity index (χ4n) is 4.03. The Kier molecular flexibility index (Phi) is 5.17. The van der Waals surface area contributed by atoms with E-state index in [0.29, 0.717) is 36.1 Å². The lowest BCUT2D eigenvalue weighted by molar-refractivity contribution is -0.133. The molecule has 7 nitrogen and oxygen atoms in total. The Morgan fingerprint density at radius 3 is 2.83 bits per heavy atom. The number of benzene rings is 1. The molecule has 1 amide bonds. The molecular weight excluding hydrogens is 375 g/mol. The van der Waals surface area contributed by atoms with Gasteiger partial charge in [-0.15, -0.1) is 0 Å². The van der Waals surface area contributed by atoms with Gasteiger partial charge < -0.3 is 13.9 Å². The van der Waals surface area contributed by atoms with Gasteiger partial charge >= 0.3 is 0 Å². The standard InChI is InChI=1S/C21H23FN4O3/c1-12(18-13(2)24-28-14(18)3)21(27)26-9-5-7-16(11-26)20-23-19(25-29-20)15-6-4-8-17(22)10-15/h4,6,8,10,12,16H,5,7,9,11H2,1-3H3. The van der Waals surface area contributed by atoms with E-state index in [1.807, 2.05) is 25.7 Å². The first kappa shape index (κ1) is 19.3. The largest absolute Gasteiger partial charge is 0.361 e. The van der Waals surface area contributed by atoms with E-state index >= 15 is 0 Å².